The van der Waals surface area contributed by atoms with Gasteiger partial charge in [-0.05, 0) is 62.0 Å². The van der Waals surface area contributed by atoms with E-state index in [0.717, 1.165) is 31.9 Å². The Morgan fingerprint density at radius 1 is 0.970 bits per heavy atom. The Bertz CT molecular complexity index is 1360. The molecule has 1 saturated heterocycles. The second kappa shape index (κ2) is 8.51. The molecule has 0 spiro atoms. The van der Waals surface area contributed by atoms with Gasteiger partial charge in [0.1, 0.15) is 5.52 Å². The molecule has 0 radical (unpaired) electrons. The first-order valence-electron chi connectivity index (χ1n) is 10.9. The fraction of sp³-hybridized carbons (Fsp3) is 0.250. The first-order valence-corrected chi connectivity index (χ1v) is 10.9. The van der Waals surface area contributed by atoms with Crippen LogP contribution < -0.4 is 21.5 Å². The van der Waals surface area contributed by atoms with Crippen molar-refractivity contribution in [3.05, 3.63) is 70.8 Å². The van der Waals surface area contributed by atoms with Crippen LogP contribution in [0.2, 0.25) is 0 Å². The van der Waals surface area contributed by atoms with Gasteiger partial charge in [0, 0.05) is 43.2 Å². The first kappa shape index (κ1) is 20.9. The largest absolute Gasteiger partial charge is 0.399 e. The molecule has 0 amide bonds. The summed E-state index contributed by atoms with van der Waals surface area (Å²) >= 11 is 0. The number of piperazine rings is 1. The maximum absolute atomic E-state index is 12.6. The van der Waals surface area contributed by atoms with E-state index in [2.05, 4.69) is 56.2 Å². The zero-order valence-corrected chi connectivity index (χ0v) is 18.7. The summed E-state index contributed by atoms with van der Waals surface area (Å²) in [7, 11) is 2.16. The van der Waals surface area contributed by atoms with Crippen LogP contribution in [0.1, 0.15) is 5.56 Å². The topological polar surface area (TPSA) is 105 Å². The number of hydrogen-bond donors (Lipinski definition) is 2. The van der Waals surface area contributed by atoms with Crippen LogP contribution >= 0.6 is 0 Å². The number of rotatable bonds is 4. The van der Waals surface area contributed by atoms with Crippen molar-refractivity contribution in [3.8, 4) is 5.69 Å². The molecule has 0 atom stereocenters. The van der Waals surface area contributed by atoms with E-state index in [1.807, 2.05) is 6.07 Å². The third kappa shape index (κ3) is 4.22. The summed E-state index contributed by atoms with van der Waals surface area (Å²) in [4.78, 5) is 30.6. The predicted molar refractivity (Wildman–Crippen MR) is 132 cm³/mol. The number of nitrogens with one attached hydrogen (secondary N) is 1. The second-order valence-electron chi connectivity index (χ2n) is 8.34. The van der Waals surface area contributed by atoms with Crippen molar-refractivity contribution in [2.75, 3.05) is 49.2 Å². The molecule has 4 aromatic rings. The lowest BCUT2D eigenvalue weighted by atomic mass is 10.1. The molecule has 1 fully saturated rings. The van der Waals surface area contributed by atoms with E-state index in [4.69, 9.17) is 5.73 Å². The van der Waals surface area contributed by atoms with Gasteiger partial charge in [0.15, 0.2) is 5.65 Å². The van der Waals surface area contributed by atoms with Gasteiger partial charge in [-0.1, -0.05) is 0 Å². The number of nitrogen functional groups attached to an aromatic ring is 1. The number of nitrogens with two attached hydrogens (primary N) is 1. The Morgan fingerprint density at radius 3 is 2.45 bits per heavy atom. The van der Waals surface area contributed by atoms with Gasteiger partial charge < -0.3 is 20.9 Å². The average Bonchev–Trinajstić information content (AvgIpc) is 2.81. The maximum atomic E-state index is 12.6. The zero-order chi connectivity index (χ0) is 22.9. The van der Waals surface area contributed by atoms with Crippen molar-refractivity contribution in [1.82, 2.24) is 24.4 Å². The molecule has 5 rings (SSSR count). The summed E-state index contributed by atoms with van der Waals surface area (Å²) in [5, 5.41) is 3.27. The quantitative estimate of drug-likeness (QED) is 0.465. The van der Waals surface area contributed by atoms with Crippen molar-refractivity contribution < 1.29 is 0 Å². The number of fused-ring (bicyclic) bond motifs is 1. The van der Waals surface area contributed by atoms with Crippen LogP contribution in [0.4, 0.5) is 23.0 Å². The molecular weight excluding hydrogens is 416 g/mol. The summed E-state index contributed by atoms with van der Waals surface area (Å²) in [6.07, 6.45) is 2.89. The van der Waals surface area contributed by atoms with E-state index >= 15 is 0 Å². The first-order chi connectivity index (χ1) is 16.0. The molecule has 0 saturated carbocycles. The Morgan fingerprint density at radius 2 is 1.73 bits per heavy atom. The molecule has 0 bridgehead atoms. The van der Waals surface area contributed by atoms with Crippen molar-refractivity contribution in [2.24, 2.45) is 0 Å². The molecule has 3 heterocycles. The van der Waals surface area contributed by atoms with Gasteiger partial charge in [0.25, 0.3) is 5.56 Å². The summed E-state index contributed by atoms with van der Waals surface area (Å²) in [6, 6.07) is 13.3. The molecule has 9 nitrogen and oxygen atoms in total. The number of benzene rings is 2. The minimum Gasteiger partial charge on any atom is -0.399 e. The van der Waals surface area contributed by atoms with E-state index in [0.29, 0.717) is 28.5 Å². The lowest BCUT2D eigenvalue weighted by Crippen LogP contribution is -2.44. The number of aromatic nitrogens is 4. The molecule has 33 heavy (non-hydrogen) atoms. The van der Waals surface area contributed by atoms with Crippen LogP contribution in [0.25, 0.3) is 16.9 Å². The highest BCUT2D eigenvalue weighted by molar-refractivity contribution is 5.73. The van der Waals surface area contributed by atoms with Crippen LogP contribution in [0.15, 0.2) is 59.7 Å². The smallest absolute Gasteiger partial charge is 0.275 e. The van der Waals surface area contributed by atoms with Gasteiger partial charge in [-0.3, -0.25) is 9.36 Å². The summed E-state index contributed by atoms with van der Waals surface area (Å²) < 4.78 is 1.51. The minimum absolute atomic E-state index is 0.274. The molecule has 9 heteroatoms. The minimum atomic E-state index is -0.274. The van der Waals surface area contributed by atoms with Gasteiger partial charge in [0.2, 0.25) is 5.95 Å². The summed E-state index contributed by atoms with van der Waals surface area (Å²) in [6.45, 7) is 6.28. The normalized spacial score (nSPS) is 14.5. The summed E-state index contributed by atoms with van der Waals surface area (Å²) in [5.74, 6) is 0.394. The Balaban J connectivity index is 1.46. The van der Waals surface area contributed by atoms with Gasteiger partial charge in [-0.15, -0.1) is 0 Å². The third-order valence-electron chi connectivity index (χ3n) is 5.94. The average molecular weight is 443 g/mol. The Labute approximate surface area is 191 Å². The highest BCUT2D eigenvalue weighted by Crippen LogP contribution is 2.26. The molecule has 1 aliphatic rings. The molecule has 168 valence electrons. The molecular formula is C24H26N8O. The molecule has 2 aromatic carbocycles. The fourth-order valence-corrected chi connectivity index (χ4v) is 4.11. The fourth-order valence-electron chi connectivity index (χ4n) is 4.11. The van der Waals surface area contributed by atoms with Gasteiger partial charge in [-0.25, -0.2) is 9.97 Å². The van der Waals surface area contributed by atoms with Gasteiger partial charge in [-0.2, -0.15) is 4.98 Å². The van der Waals surface area contributed by atoms with Gasteiger partial charge >= 0.3 is 0 Å². The SMILES string of the molecule is Cc1cc(Nc2ncc3ncc(=O)n(-c4ccc(N)cc4)c3n2)ccc1N1CCN(C)CC1. The third-order valence-corrected chi connectivity index (χ3v) is 5.94. The van der Waals surface area contributed by atoms with Crippen LogP contribution in [0, 0.1) is 6.92 Å². The Kier molecular flexibility index (Phi) is 5.39. The summed E-state index contributed by atoms with van der Waals surface area (Å²) in [5.41, 5.74) is 11.1. The maximum Gasteiger partial charge on any atom is 0.275 e. The number of anilines is 4. The zero-order valence-electron chi connectivity index (χ0n) is 18.7. The number of hydrogen-bond acceptors (Lipinski definition) is 8. The highest BCUT2D eigenvalue weighted by atomic mass is 16.1. The van der Waals surface area contributed by atoms with Crippen LogP contribution in [-0.4, -0.2) is 57.6 Å². The number of nitrogens with zero attached hydrogens (tertiary/aromatic N) is 6. The van der Waals surface area contributed by atoms with Crippen molar-refractivity contribution in [2.45, 2.75) is 6.92 Å². The van der Waals surface area contributed by atoms with Crippen molar-refractivity contribution >= 4 is 34.2 Å². The molecule has 0 unspecified atom stereocenters. The number of aryl methyl sites for hydroxylation is 1. The Hall–Kier alpha value is -3.98. The molecule has 3 N–H and O–H groups in total. The van der Waals surface area contributed by atoms with E-state index in [1.165, 1.54) is 22.0 Å². The van der Waals surface area contributed by atoms with E-state index in [-0.39, 0.29) is 5.56 Å². The van der Waals surface area contributed by atoms with Gasteiger partial charge in [0.05, 0.1) is 18.1 Å². The lowest BCUT2D eigenvalue weighted by molar-refractivity contribution is 0.312. The second-order valence-corrected chi connectivity index (χ2v) is 8.34. The van der Waals surface area contributed by atoms with Crippen molar-refractivity contribution in [1.29, 1.82) is 0 Å². The van der Waals surface area contributed by atoms with Crippen LogP contribution in [-0.2, 0) is 0 Å². The van der Waals surface area contributed by atoms with Crippen LogP contribution in [0.3, 0.4) is 0 Å². The molecule has 1 aliphatic heterocycles. The monoisotopic (exact) mass is 442 g/mol. The highest BCUT2D eigenvalue weighted by Gasteiger charge is 2.16. The van der Waals surface area contributed by atoms with E-state index < -0.39 is 0 Å². The van der Waals surface area contributed by atoms with Crippen LogP contribution in [0.5, 0.6) is 0 Å². The van der Waals surface area contributed by atoms with E-state index in [9.17, 15) is 4.79 Å². The standard InChI is InChI=1S/C24H26N8O/c1-16-13-18(5-8-21(16)31-11-9-30(2)10-12-31)28-24-27-14-20-23(29-24)32(22(33)15-26-20)19-6-3-17(25)4-7-19/h3-8,13-15H,9-12,25H2,1-2H3,(H,27,28,29). The lowest BCUT2D eigenvalue weighted by Gasteiger charge is -2.35. The predicted octanol–water partition coefficient (Wildman–Crippen LogP) is 2.56. The molecule has 2 aromatic heterocycles. The molecule has 0 aliphatic carbocycles. The van der Waals surface area contributed by atoms with E-state index in [1.54, 1.807) is 30.5 Å². The van der Waals surface area contributed by atoms with Crippen molar-refractivity contribution in [3.63, 3.8) is 0 Å². The number of likely N-dealkylation sites (N-methyl/N-ethyl adjacent to an activating group) is 1.